The molecule has 2 aromatic rings. The number of ether oxygens (including phenoxy) is 1. The summed E-state index contributed by atoms with van der Waals surface area (Å²) in [6.45, 7) is -1.02. The number of sulfonamides is 1. The predicted octanol–water partition coefficient (Wildman–Crippen LogP) is 2.52. The molecule has 2 N–H and O–H groups in total. The van der Waals surface area contributed by atoms with Crippen molar-refractivity contribution in [2.45, 2.75) is 25.0 Å². The lowest BCUT2D eigenvalue weighted by atomic mass is 10.1. The number of rotatable bonds is 6. The monoisotopic (exact) mass is 384 g/mol. The molecule has 0 fully saturated rings. The van der Waals surface area contributed by atoms with Crippen molar-refractivity contribution in [3.8, 4) is 5.75 Å². The van der Waals surface area contributed by atoms with Crippen LogP contribution in [0.1, 0.15) is 21.5 Å². The summed E-state index contributed by atoms with van der Waals surface area (Å²) in [5.74, 6) is -0.365. The van der Waals surface area contributed by atoms with Gasteiger partial charge in [0.25, 0.3) is 5.91 Å². The quantitative estimate of drug-likeness (QED) is 0.829. The van der Waals surface area contributed by atoms with E-state index in [1.54, 1.807) is 26.1 Å². The predicted molar refractivity (Wildman–Crippen MR) is 91.4 cm³/mol. The average molecular weight is 384 g/mol. The highest BCUT2D eigenvalue weighted by molar-refractivity contribution is 7.89. The van der Waals surface area contributed by atoms with Gasteiger partial charge in [0.05, 0.1) is 4.90 Å². The minimum Gasteiger partial charge on any atom is -0.435 e. The van der Waals surface area contributed by atoms with Crippen LogP contribution in [0.15, 0.2) is 47.4 Å². The van der Waals surface area contributed by atoms with Gasteiger partial charge in [-0.05, 0) is 42.3 Å². The Kier molecular flexibility index (Phi) is 5.94. The molecule has 6 nitrogen and oxygen atoms in total. The zero-order valence-electron chi connectivity index (χ0n) is 14.1. The fraction of sp³-hybridized carbons (Fsp3) is 0.235. The van der Waals surface area contributed by atoms with Crippen LogP contribution in [-0.4, -0.2) is 32.9 Å². The van der Waals surface area contributed by atoms with Gasteiger partial charge in [-0.1, -0.05) is 18.2 Å². The van der Waals surface area contributed by atoms with E-state index >= 15 is 0 Å². The fourth-order valence-electron chi connectivity index (χ4n) is 2.34. The first-order valence-corrected chi connectivity index (χ1v) is 9.05. The molecule has 2 aromatic carbocycles. The molecule has 0 aromatic heterocycles. The number of amides is 1. The Balaban J connectivity index is 2.17. The molecule has 0 aliphatic carbocycles. The van der Waals surface area contributed by atoms with Gasteiger partial charge in [0.15, 0.2) is 0 Å². The standard InChI is InChI=1S/C17H18F2N2O4S/c1-11-3-8-14(26(20,23)24)9-15(11)16(22)21(2)10-12-4-6-13(7-5-12)25-17(18)19/h3-9,17H,10H2,1-2H3,(H2,20,23,24). The molecule has 0 aliphatic rings. The molecule has 0 saturated heterocycles. The number of aryl methyl sites for hydroxylation is 1. The molecule has 0 radical (unpaired) electrons. The minimum atomic E-state index is -3.92. The minimum absolute atomic E-state index is 0.0226. The summed E-state index contributed by atoms with van der Waals surface area (Å²) in [6.07, 6.45) is 0. The third-order valence-electron chi connectivity index (χ3n) is 3.68. The van der Waals surface area contributed by atoms with Crippen molar-refractivity contribution >= 4 is 15.9 Å². The van der Waals surface area contributed by atoms with E-state index in [2.05, 4.69) is 4.74 Å². The highest BCUT2D eigenvalue weighted by Gasteiger charge is 2.18. The van der Waals surface area contributed by atoms with E-state index in [1.165, 1.54) is 35.2 Å². The topological polar surface area (TPSA) is 89.7 Å². The summed E-state index contributed by atoms with van der Waals surface area (Å²) >= 11 is 0. The molecule has 0 saturated carbocycles. The second-order valence-corrected chi connectivity index (χ2v) is 7.27. The van der Waals surface area contributed by atoms with Crippen molar-refractivity contribution in [3.05, 3.63) is 59.2 Å². The van der Waals surface area contributed by atoms with Crippen LogP contribution >= 0.6 is 0 Å². The average Bonchev–Trinajstić information content (AvgIpc) is 2.55. The molecular formula is C17H18F2N2O4S. The van der Waals surface area contributed by atoms with E-state index in [1.807, 2.05) is 0 Å². The molecule has 0 bridgehead atoms. The Morgan fingerprint density at radius 1 is 1.19 bits per heavy atom. The van der Waals surface area contributed by atoms with Crippen molar-refractivity contribution in [3.63, 3.8) is 0 Å². The lowest BCUT2D eigenvalue weighted by molar-refractivity contribution is -0.0498. The lowest BCUT2D eigenvalue weighted by Crippen LogP contribution is -2.27. The van der Waals surface area contributed by atoms with Crippen LogP contribution in [-0.2, 0) is 16.6 Å². The molecule has 2 rings (SSSR count). The molecule has 0 atom stereocenters. The van der Waals surface area contributed by atoms with Crippen LogP contribution in [0, 0.1) is 6.92 Å². The maximum absolute atomic E-state index is 12.6. The first-order valence-electron chi connectivity index (χ1n) is 7.50. The van der Waals surface area contributed by atoms with Crippen LogP contribution in [0.5, 0.6) is 5.75 Å². The molecule has 0 unspecified atom stereocenters. The van der Waals surface area contributed by atoms with E-state index in [4.69, 9.17) is 5.14 Å². The Morgan fingerprint density at radius 3 is 2.35 bits per heavy atom. The zero-order chi connectivity index (χ0) is 19.5. The molecule has 0 spiro atoms. The van der Waals surface area contributed by atoms with Crippen molar-refractivity contribution in [2.75, 3.05) is 7.05 Å². The van der Waals surface area contributed by atoms with Gasteiger partial charge >= 0.3 is 6.61 Å². The van der Waals surface area contributed by atoms with Gasteiger partial charge in [-0.2, -0.15) is 8.78 Å². The maximum atomic E-state index is 12.6. The van der Waals surface area contributed by atoms with Gasteiger partial charge < -0.3 is 9.64 Å². The van der Waals surface area contributed by atoms with Gasteiger partial charge in [0, 0.05) is 19.2 Å². The van der Waals surface area contributed by atoms with Crippen molar-refractivity contribution in [2.24, 2.45) is 5.14 Å². The van der Waals surface area contributed by atoms with E-state index in [0.717, 1.165) is 0 Å². The van der Waals surface area contributed by atoms with Crippen molar-refractivity contribution < 1.29 is 26.7 Å². The Morgan fingerprint density at radius 2 is 1.81 bits per heavy atom. The van der Waals surface area contributed by atoms with E-state index in [0.29, 0.717) is 11.1 Å². The Labute approximate surface area is 150 Å². The number of hydrogen-bond acceptors (Lipinski definition) is 4. The first-order chi connectivity index (χ1) is 12.1. The second-order valence-electron chi connectivity index (χ2n) is 5.71. The third kappa shape index (κ3) is 4.99. The van der Waals surface area contributed by atoms with Gasteiger partial charge in [-0.25, -0.2) is 13.6 Å². The van der Waals surface area contributed by atoms with Crippen LogP contribution in [0.3, 0.4) is 0 Å². The SMILES string of the molecule is Cc1ccc(S(N)(=O)=O)cc1C(=O)N(C)Cc1ccc(OC(F)F)cc1. The number of alkyl halides is 2. The number of halogens is 2. The number of benzene rings is 2. The van der Waals surface area contributed by atoms with Gasteiger partial charge in [-0.3, -0.25) is 4.79 Å². The summed E-state index contributed by atoms with van der Waals surface area (Å²) in [4.78, 5) is 13.9. The summed E-state index contributed by atoms with van der Waals surface area (Å²) in [5, 5.41) is 5.11. The smallest absolute Gasteiger partial charge is 0.387 e. The summed E-state index contributed by atoms with van der Waals surface area (Å²) in [5.41, 5.74) is 1.52. The largest absolute Gasteiger partial charge is 0.435 e. The summed E-state index contributed by atoms with van der Waals surface area (Å²) in [7, 11) is -2.37. The van der Waals surface area contributed by atoms with Crippen LogP contribution in [0.2, 0.25) is 0 Å². The molecular weight excluding hydrogens is 366 g/mol. The Hall–Kier alpha value is -2.52. The molecule has 26 heavy (non-hydrogen) atoms. The van der Waals surface area contributed by atoms with Gasteiger partial charge in [0.2, 0.25) is 10.0 Å². The van der Waals surface area contributed by atoms with Crippen LogP contribution < -0.4 is 9.88 Å². The Bertz CT molecular complexity index is 899. The number of carbonyl (C=O) groups excluding carboxylic acids is 1. The molecule has 1 amide bonds. The highest BCUT2D eigenvalue weighted by Crippen LogP contribution is 2.19. The fourth-order valence-corrected chi connectivity index (χ4v) is 2.88. The second kappa shape index (κ2) is 7.79. The summed E-state index contributed by atoms with van der Waals surface area (Å²) in [6, 6.07) is 9.98. The zero-order valence-corrected chi connectivity index (χ0v) is 15.0. The molecule has 0 heterocycles. The molecule has 140 valence electrons. The number of primary sulfonamides is 1. The van der Waals surface area contributed by atoms with E-state index < -0.39 is 16.6 Å². The molecule has 9 heteroatoms. The lowest BCUT2D eigenvalue weighted by Gasteiger charge is -2.19. The van der Waals surface area contributed by atoms with Crippen molar-refractivity contribution in [1.82, 2.24) is 4.90 Å². The number of nitrogens with zero attached hydrogens (tertiary/aromatic N) is 1. The van der Waals surface area contributed by atoms with Gasteiger partial charge in [0.1, 0.15) is 5.75 Å². The number of carbonyl (C=O) groups is 1. The van der Waals surface area contributed by atoms with E-state index in [9.17, 15) is 22.0 Å². The van der Waals surface area contributed by atoms with E-state index in [-0.39, 0.29) is 28.7 Å². The van der Waals surface area contributed by atoms with Crippen LogP contribution in [0.25, 0.3) is 0 Å². The normalized spacial score (nSPS) is 11.5. The molecule has 0 aliphatic heterocycles. The maximum Gasteiger partial charge on any atom is 0.387 e. The third-order valence-corrected chi connectivity index (χ3v) is 4.59. The number of hydrogen-bond donors (Lipinski definition) is 1. The summed E-state index contributed by atoms with van der Waals surface area (Å²) < 4.78 is 51.5. The van der Waals surface area contributed by atoms with Gasteiger partial charge in [-0.15, -0.1) is 0 Å². The number of nitrogens with two attached hydrogens (primary N) is 1. The first kappa shape index (κ1) is 19.8. The highest BCUT2D eigenvalue weighted by atomic mass is 32.2. The van der Waals surface area contributed by atoms with Crippen molar-refractivity contribution in [1.29, 1.82) is 0 Å². The van der Waals surface area contributed by atoms with Crippen LogP contribution in [0.4, 0.5) is 8.78 Å².